The number of halogens is 2. The molecule has 1 N–H and O–H groups in total. The van der Waals surface area contributed by atoms with Gasteiger partial charge in [-0.05, 0) is 42.7 Å². The second-order valence-corrected chi connectivity index (χ2v) is 8.32. The van der Waals surface area contributed by atoms with Gasteiger partial charge in [0.2, 0.25) is 0 Å². The minimum atomic E-state index is -0.297. The van der Waals surface area contributed by atoms with Crippen molar-refractivity contribution in [3.63, 3.8) is 0 Å². The van der Waals surface area contributed by atoms with Crippen LogP contribution < -0.4 is 10.4 Å². The van der Waals surface area contributed by atoms with Crippen LogP contribution in [-0.4, -0.2) is 29.7 Å². The van der Waals surface area contributed by atoms with E-state index in [4.69, 9.17) is 16.7 Å². The Kier molecular flexibility index (Phi) is 6.35. The quantitative estimate of drug-likeness (QED) is 0.750. The number of hydrazine groups is 1. The number of hydrogen-bond donors (Lipinski definition) is 1. The zero-order valence-corrected chi connectivity index (χ0v) is 17.8. The minimum Gasteiger partial charge on any atom is -0.284 e. The van der Waals surface area contributed by atoms with Crippen LogP contribution in [0.5, 0.6) is 0 Å². The molecule has 7 heteroatoms. The summed E-state index contributed by atoms with van der Waals surface area (Å²) in [6, 6.07) is 13.5. The smallest absolute Gasteiger partial charge is 0.282 e. The molecule has 2 heterocycles. The predicted molar refractivity (Wildman–Crippen MR) is 118 cm³/mol. The third kappa shape index (κ3) is 4.35. The van der Waals surface area contributed by atoms with E-state index >= 15 is 0 Å². The molecule has 0 radical (unpaired) electrons. The molecule has 2 aliphatic rings. The Labute approximate surface area is 181 Å². The average molecular weight is 429 g/mol. The molecular weight excluding hydrogens is 403 g/mol. The Balaban J connectivity index is 1.65. The first-order chi connectivity index (χ1) is 14.5. The Morgan fingerprint density at radius 3 is 2.40 bits per heavy atom. The molecule has 2 aromatic carbocycles. The number of rotatable bonds is 4. The fourth-order valence-corrected chi connectivity index (χ4v) is 4.42. The van der Waals surface area contributed by atoms with Gasteiger partial charge in [0, 0.05) is 19.0 Å². The summed E-state index contributed by atoms with van der Waals surface area (Å²) < 4.78 is 13.5. The van der Waals surface area contributed by atoms with Crippen LogP contribution in [0, 0.1) is 11.7 Å². The van der Waals surface area contributed by atoms with Crippen LogP contribution in [-0.2, 0) is 4.79 Å². The Bertz CT molecular complexity index is 925. The van der Waals surface area contributed by atoms with Crippen LogP contribution in [0.2, 0.25) is 5.02 Å². The lowest BCUT2D eigenvalue weighted by molar-refractivity contribution is -0.119. The summed E-state index contributed by atoms with van der Waals surface area (Å²) in [5, 5.41) is 9.04. The molecule has 0 aliphatic carbocycles. The highest BCUT2D eigenvalue weighted by Crippen LogP contribution is 2.41. The van der Waals surface area contributed by atoms with Gasteiger partial charge in [-0.1, -0.05) is 55.6 Å². The molecular formula is C23H26ClFN4O. The summed E-state index contributed by atoms with van der Waals surface area (Å²) >= 11 is 6.45. The zero-order valence-electron chi connectivity index (χ0n) is 17.0. The van der Waals surface area contributed by atoms with E-state index in [1.54, 1.807) is 23.2 Å². The number of benzene rings is 2. The molecule has 2 atom stereocenters. The molecule has 0 spiro atoms. The number of amides is 1. The number of carbonyl (C=O) groups is 1. The summed E-state index contributed by atoms with van der Waals surface area (Å²) in [5.74, 6) is -0.682. The molecule has 0 saturated carbocycles. The van der Waals surface area contributed by atoms with Gasteiger partial charge in [0.05, 0.1) is 16.8 Å². The number of anilines is 1. The maximum atomic E-state index is 13.5. The van der Waals surface area contributed by atoms with E-state index in [0.29, 0.717) is 10.7 Å². The van der Waals surface area contributed by atoms with Crippen molar-refractivity contribution in [2.75, 3.05) is 18.1 Å². The van der Waals surface area contributed by atoms with Crippen molar-refractivity contribution in [3.05, 3.63) is 64.9 Å². The second-order valence-electron chi connectivity index (χ2n) is 7.91. The summed E-state index contributed by atoms with van der Waals surface area (Å²) in [5.41, 5.74) is 5.10. The van der Waals surface area contributed by atoms with Crippen molar-refractivity contribution in [1.29, 1.82) is 0 Å². The third-order valence-corrected chi connectivity index (χ3v) is 6.11. The van der Waals surface area contributed by atoms with E-state index in [2.05, 4.69) is 5.43 Å². The normalized spacial score (nSPS) is 22.5. The van der Waals surface area contributed by atoms with Crippen molar-refractivity contribution >= 4 is 28.9 Å². The number of hydrazone groups is 1. The second kappa shape index (κ2) is 9.14. The SMILES string of the molecule is C[C@H]1C(C(=O)NN2CCCCCC2)=NN(c2ccccc2Cl)[C@@H]1c1ccc(F)cc1. The summed E-state index contributed by atoms with van der Waals surface area (Å²) in [6.45, 7) is 3.68. The van der Waals surface area contributed by atoms with Crippen molar-refractivity contribution in [1.82, 2.24) is 10.4 Å². The fraction of sp³-hybridized carbons (Fsp3) is 0.391. The van der Waals surface area contributed by atoms with Gasteiger partial charge < -0.3 is 0 Å². The van der Waals surface area contributed by atoms with Gasteiger partial charge in [0.1, 0.15) is 11.5 Å². The van der Waals surface area contributed by atoms with E-state index < -0.39 is 0 Å². The number of nitrogens with one attached hydrogen (secondary N) is 1. The molecule has 1 fully saturated rings. The van der Waals surface area contributed by atoms with Crippen LogP contribution in [0.25, 0.3) is 0 Å². The molecule has 30 heavy (non-hydrogen) atoms. The van der Waals surface area contributed by atoms with Crippen molar-refractivity contribution in [3.8, 4) is 0 Å². The lowest BCUT2D eigenvalue weighted by Crippen LogP contribution is -2.46. The largest absolute Gasteiger partial charge is 0.284 e. The molecule has 5 nitrogen and oxygen atoms in total. The summed E-state index contributed by atoms with van der Waals surface area (Å²) in [6.07, 6.45) is 4.53. The van der Waals surface area contributed by atoms with Crippen molar-refractivity contribution < 1.29 is 9.18 Å². The van der Waals surface area contributed by atoms with E-state index in [1.807, 2.05) is 30.1 Å². The van der Waals surface area contributed by atoms with Gasteiger partial charge in [-0.25, -0.2) is 9.40 Å². The predicted octanol–water partition coefficient (Wildman–Crippen LogP) is 4.94. The van der Waals surface area contributed by atoms with Crippen molar-refractivity contribution in [2.24, 2.45) is 11.0 Å². The van der Waals surface area contributed by atoms with Gasteiger partial charge in [-0.15, -0.1) is 0 Å². The number of para-hydroxylation sites is 1. The topological polar surface area (TPSA) is 47.9 Å². The molecule has 0 unspecified atom stereocenters. The average Bonchev–Trinajstić information content (AvgIpc) is 2.89. The molecule has 4 rings (SSSR count). The standard InChI is InChI=1S/C23H26ClFN4O/c1-16-21(23(30)27-28-14-6-2-3-7-15-28)26-29(20-9-5-4-8-19(20)24)22(16)17-10-12-18(25)13-11-17/h4-5,8-13,16,22H,2-3,6-7,14-15H2,1H3,(H,27,30)/t16-,22-/m0/s1. The maximum Gasteiger partial charge on any atom is 0.282 e. The van der Waals surface area contributed by atoms with Crippen LogP contribution in [0.3, 0.4) is 0 Å². The van der Waals surface area contributed by atoms with Gasteiger partial charge in [-0.2, -0.15) is 5.10 Å². The Hall–Kier alpha value is -2.44. The molecule has 0 bridgehead atoms. The summed E-state index contributed by atoms with van der Waals surface area (Å²) in [7, 11) is 0. The van der Waals surface area contributed by atoms with Crippen molar-refractivity contribution in [2.45, 2.75) is 38.6 Å². The number of nitrogens with zero attached hydrogens (tertiary/aromatic N) is 3. The third-order valence-electron chi connectivity index (χ3n) is 5.79. The maximum absolute atomic E-state index is 13.5. The highest BCUT2D eigenvalue weighted by molar-refractivity contribution is 6.40. The highest BCUT2D eigenvalue weighted by Gasteiger charge is 2.40. The van der Waals surface area contributed by atoms with Gasteiger partial charge in [0.25, 0.3) is 5.91 Å². The van der Waals surface area contributed by atoms with Crippen LogP contribution in [0.4, 0.5) is 10.1 Å². The first kappa shape index (κ1) is 20.8. The van der Waals surface area contributed by atoms with Gasteiger partial charge in [0.15, 0.2) is 0 Å². The van der Waals surface area contributed by atoms with Crippen LogP contribution in [0.15, 0.2) is 53.6 Å². The molecule has 2 aromatic rings. The number of hydrogen-bond acceptors (Lipinski definition) is 4. The van der Waals surface area contributed by atoms with Gasteiger partial charge >= 0.3 is 0 Å². The zero-order chi connectivity index (χ0) is 21.1. The Morgan fingerprint density at radius 1 is 1.07 bits per heavy atom. The molecule has 2 aliphatic heterocycles. The van der Waals surface area contributed by atoms with E-state index in [0.717, 1.165) is 37.2 Å². The van der Waals surface area contributed by atoms with E-state index in [-0.39, 0.29) is 23.7 Å². The van der Waals surface area contributed by atoms with E-state index in [9.17, 15) is 9.18 Å². The Morgan fingerprint density at radius 2 is 1.73 bits per heavy atom. The van der Waals surface area contributed by atoms with E-state index in [1.165, 1.54) is 25.0 Å². The molecule has 0 aromatic heterocycles. The lowest BCUT2D eigenvalue weighted by Gasteiger charge is -2.27. The summed E-state index contributed by atoms with van der Waals surface area (Å²) in [4.78, 5) is 13.1. The number of carbonyl (C=O) groups excluding carboxylic acids is 1. The van der Waals surface area contributed by atoms with Crippen LogP contribution in [0.1, 0.15) is 44.2 Å². The van der Waals surface area contributed by atoms with Gasteiger partial charge in [-0.3, -0.25) is 15.2 Å². The monoisotopic (exact) mass is 428 g/mol. The first-order valence-electron chi connectivity index (χ1n) is 10.5. The molecule has 1 amide bonds. The first-order valence-corrected chi connectivity index (χ1v) is 10.9. The highest BCUT2D eigenvalue weighted by atomic mass is 35.5. The molecule has 158 valence electrons. The fourth-order valence-electron chi connectivity index (χ4n) is 4.20. The molecule has 1 saturated heterocycles. The minimum absolute atomic E-state index is 0.189. The van der Waals surface area contributed by atoms with Crippen LogP contribution >= 0.6 is 11.6 Å². The lowest BCUT2D eigenvalue weighted by atomic mass is 9.91.